The molecule has 0 heterocycles. The van der Waals surface area contributed by atoms with Crippen molar-refractivity contribution in [2.75, 3.05) is 5.75 Å². The zero-order valence-electron chi connectivity index (χ0n) is 5.41. The second-order valence-corrected chi connectivity index (χ2v) is 2.29. The maximum Gasteiger partial charge on any atom is 0.301 e. The van der Waals surface area contributed by atoms with Crippen LogP contribution in [-0.4, -0.2) is 5.75 Å². The van der Waals surface area contributed by atoms with E-state index >= 15 is 0 Å². The summed E-state index contributed by atoms with van der Waals surface area (Å²) in [6.07, 6.45) is -1.25. The molecule has 0 fully saturated rings. The number of hydrogen-bond acceptors (Lipinski definition) is 1. The number of rotatable bonds is 4. The van der Waals surface area contributed by atoms with Gasteiger partial charge < -0.3 is 0 Å². The van der Waals surface area contributed by atoms with E-state index in [2.05, 4.69) is 12.6 Å². The third-order valence-corrected chi connectivity index (χ3v) is 1.33. The van der Waals surface area contributed by atoms with Crippen molar-refractivity contribution in [3.63, 3.8) is 0 Å². The van der Waals surface area contributed by atoms with Gasteiger partial charge in [0.25, 0.3) is 0 Å². The standard InChI is InChI=1S/C6H9F3S/c7-5(6(8)9)3-1-2-4-10/h10H,1-4H2. The third-order valence-electron chi connectivity index (χ3n) is 1.01. The van der Waals surface area contributed by atoms with E-state index in [-0.39, 0.29) is 6.42 Å². The molecule has 0 nitrogen and oxygen atoms in total. The Morgan fingerprint density at radius 2 is 1.70 bits per heavy atom. The van der Waals surface area contributed by atoms with Crippen molar-refractivity contribution in [2.24, 2.45) is 0 Å². The van der Waals surface area contributed by atoms with Crippen molar-refractivity contribution < 1.29 is 13.2 Å². The lowest BCUT2D eigenvalue weighted by Gasteiger charge is -1.93. The van der Waals surface area contributed by atoms with Gasteiger partial charge in [0.15, 0.2) is 5.83 Å². The summed E-state index contributed by atoms with van der Waals surface area (Å²) in [6, 6.07) is 0. The Bertz CT molecular complexity index is 118. The summed E-state index contributed by atoms with van der Waals surface area (Å²) >= 11 is 3.85. The number of halogens is 3. The minimum atomic E-state index is -2.20. The van der Waals surface area contributed by atoms with Crippen LogP contribution in [0.1, 0.15) is 19.3 Å². The molecule has 0 saturated heterocycles. The smallest absolute Gasteiger partial charge is 0.206 e. The van der Waals surface area contributed by atoms with Gasteiger partial charge in [0.2, 0.25) is 0 Å². The first kappa shape index (κ1) is 9.88. The van der Waals surface area contributed by atoms with Crippen molar-refractivity contribution in [3.05, 3.63) is 11.9 Å². The van der Waals surface area contributed by atoms with Crippen LogP contribution >= 0.6 is 12.6 Å². The van der Waals surface area contributed by atoms with Crippen molar-refractivity contribution in [2.45, 2.75) is 19.3 Å². The van der Waals surface area contributed by atoms with E-state index < -0.39 is 11.9 Å². The molecule has 0 atom stereocenters. The second-order valence-electron chi connectivity index (χ2n) is 1.85. The molecule has 4 heteroatoms. The molecule has 0 aromatic heterocycles. The van der Waals surface area contributed by atoms with Crippen molar-refractivity contribution >= 4 is 12.6 Å². The predicted octanol–water partition coefficient (Wildman–Crippen LogP) is 3.16. The molecule has 0 spiro atoms. The summed E-state index contributed by atoms with van der Waals surface area (Å²) in [7, 11) is 0. The fraction of sp³-hybridized carbons (Fsp3) is 0.667. The Morgan fingerprint density at radius 3 is 2.10 bits per heavy atom. The van der Waals surface area contributed by atoms with E-state index in [0.29, 0.717) is 18.6 Å². The summed E-state index contributed by atoms with van der Waals surface area (Å²) < 4.78 is 34.6. The molecule has 0 rings (SSSR count). The Hall–Kier alpha value is -0.120. The summed E-state index contributed by atoms with van der Waals surface area (Å²) in [5.41, 5.74) is 0. The molecule has 0 bridgehead atoms. The van der Waals surface area contributed by atoms with Crippen LogP contribution in [0.3, 0.4) is 0 Å². The summed E-state index contributed by atoms with van der Waals surface area (Å²) in [5.74, 6) is -0.678. The fourth-order valence-corrected chi connectivity index (χ4v) is 0.710. The van der Waals surface area contributed by atoms with E-state index in [0.717, 1.165) is 0 Å². The van der Waals surface area contributed by atoms with E-state index in [4.69, 9.17) is 0 Å². The SMILES string of the molecule is FC(F)=C(F)CCCCS. The summed E-state index contributed by atoms with van der Waals surface area (Å²) in [6.45, 7) is 0. The molecule has 60 valence electrons. The molecule has 0 saturated carbocycles. The van der Waals surface area contributed by atoms with Gasteiger partial charge in [-0.05, 0) is 18.6 Å². The summed E-state index contributed by atoms with van der Waals surface area (Å²) in [4.78, 5) is 0. The lowest BCUT2D eigenvalue weighted by molar-refractivity contribution is 0.368. The highest BCUT2D eigenvalue weighted by Gasteiger charge is 2.02. The first-order chi connectivity index (χ1) is 4.68. The summed E-state index contributed by atoms with van der Waals surface area (Å²) in [5, 5.41) is 0. The molecule has 0 aliphatic carbocycles. The third kappa shape index (κ3) is 4.73. The van der Waals surface area contributed by atoms with Crippen LogP contribution in [-0.2, 0) is 0 Å². The maximum atomic E-state index is 12.0. The molecule has 0 aliphatic rings. The van der Waals surface area contributed by atoms with Gasteiger partial charge in [-0.25, -0.2) is 4.39 Å². The van der Waals surface area contributed by atoms with Gasteiger partial charge in [-0.15, -0.1) is 0 Å². The maximum absolute atomic E-state index is 12.0. The number of thiol groups is 1. The van der Waals surface area contributed by atoms with Crippen LogP contribution in [0, 0.1) is 0 Å². The first-order valence-electron chi connectivity index (χ1n) is 2.99. The molecule has 0 N–H and O–H groups in total. The normalized spacial score (nSPS) is 9.60. The average Bonchev–Trinajstić information content (AvgIpc) is 1.88. The van der Waals surface area contributed by atoms with Crippen molar-refractivity contribution in [1.29, 1.82) is 0 Å². The van der Waals surface area contributed by atoms with Crippen LogP contribution in [0.5, 0.6) is 0 Å². The highest BCUT2D eigenvalue weighted by Crippen LogP contribution is 2.15. The minimum Gasteiger partial charge on any atom is -0.206 e. The lowest BCUT2D eigenvalue weighted by atomic mass is 10.2. The average molecular weight is 170 g/mol. The van der Waals surface area contributed by atoms with Crippen LogP contribution in [0.25, 0.3) is 0 Å². The molecular weight excluding hydrogens is 161 g/mol. The highest BCUT2D eigenvalue weighted by atomic mass is 32.1. The van der Waals surface area contributed by atoms with Crippen LogP contribution < -0.4 is 0 Å². The van der Waals surface area contributed by atoms with Gasteiger partial charge in [0, 0.05) is 6.42 Å². The Kier molecular flexibility index (Phi) is 5.58. The van der Waals surface area contributed by atoms with E-state index in [1.807, 2.05) is 0 Å². The number of allylic oxidation sites excluding steroid dienone is 1. The molecular formula is C6H9F3S. The highest BCUT2D eigenvalue weighted by molar-refractivity contribution is 7.80. The topological polar surface area (TPSA) is 0 Å². The van der Waals surface area contributed by atoms with Gasteiger partial charge in [-0.3, -0.25) is 0 Å². The number of unbranched alkanes of at least 4 members (excludes halogenated alkanes) is 1. The van der Waals surface area contributed by atoms with Gasteiger partial charge in [0.05, 0.1) is 0 Å². The van der Waals surface area contributed by atoms with E-state index in [1.165, 1.54) is 0 Å². The van der Waals surface area contributed by atoms with Crippen LogP contribution in [0.4, 0.5) is 13.2 Å². The molecule has 0 unspecified atom stereocenters. The van der Waals surface area contributed by atoms with Gasteiger partial charge in [-0.1, -0.05) is 0 Å². The van der Waals surface area contributed by atoms with Gasteiger partial charge >= 0.3 is 6.08 Å². The quantitative estimate of drug-likeness (QED) is 0.486. The second kappa shape index (κ2) is 5.65. The fourth-order valence-electron chi connectivity index (χ4n) is 0.486. The zero-order chi connectivity index (χ0) is 7.98. The van der Waals surface area contributed by atoms with Crippen LogP contribution in [0.15, 0.2) is 11.9 Å². The van der Waals surface area contributed by atoms with Gasteiger partial charge in [0.1, 0.15) is 0 Å². The molecule has 0 aromatic carbocycles. The molecule has 0 aliphatic heterocycles. The predicted molar refractivity (Wildman–Crippen MR) is 38.1 cm³/mol. The molecule has 0 aromatic rings. The Balaban J connectivity index is 3.40. The lowest BCUT2D eigenvalue weighted by Crippen LogP contribution is -1.80. The van der Waals surface area contributed by atoms with Gasteiger partial charge in [-0.2, -0.15) is 21.4 Å². The minimum absolute atomic E-state index is 0.164. The molecule has 0 amide bonds. The Labute approximate surface area is 63.5 Å². The van der Waals surface area contributed by atoms with Crippen LogP contribution in [0.2, 0.25) is 0 Å². The number of hydrogen-bond donors (Lipinski definition) is 1. The Morgan fingerprint density at radius 1 is 1.10 bits per heavy atom. The van der Waals surface area contributed by atoms with Crippen molar-refractivity contribution in [3.8, 4) is 0 Å². The zero-order valence-corrected chi connectivity index (χ0v) is 6.30. The molecule has 0 radical (unpaired) electrons. The van der Waals surface area contributed by atoms with Crippen molar-refractivity contribution in [1.82, 2.24) is 0 Å². The van der Waals surface area contributed by atoms with E-state index in [1.54, 1.807) is 0 Å². The monoisotopic (exact) mass is 170 g/mol. The molecule has 10 heavy (non-hydrogen) atoms. The van der Waals surface area contributed by atoms with E-state index in [9.17, 15) is 13.2 Å². The largest absolute Gasteiger partial charge is 0.301 e. The first-order valence-corrected chi connectivity index (χ1v) is 3.62.